The van der Waals surface area contributed by atoms with Crippen LogP contribution in [0.5, 0.6) is 0 Å². The fourth-order valence-corrected chi connectivity index (χ4v) is 10.7. The summed E-state index contributed by atoms with van der Waals surface area (Å²) < 4.78 is 22.2. The van der Waals surface area contributed by atoms with Crippen LogP contribution in [0.2, 0.25) is 0 Å². The molecule has 0 spiro atoms. The molecule has 434 valence electrons. The summed E-state index contributed by atoms with van der Waals surface area (Å²) in [4.78, 5) is 29.6. The predicted octanol–water partition coefficient (Wildman–Crippen LogP) is 22.2. The van der Waals surface area contributed by atoms with Crippen LogP contribution in [0.25, 0.3) is 55.6 Å². The highest BCUT2D eigenvalue weighted by Crippen LogP contribution is 2.41. The van der Waals surface area contributed by atoms with Gasteiger partial charge in [-0.15, -0.1) is 0 Å². The Kier molecular flexibility index (Phi) is 19.2. The molecule has 0 aliphatic carbocycles. The standard InChI is InChI=1S/C78H76N2O6/c1-7-9-53-77(3,4)85-75(81)83-55-57-21-25-61(26-22-57)65-33-45-71(46-34-65)79(69-41-29-63(30-42-69)59-17-13-11-14-18-59)73-49-37-67(38-50-73)68-39-51-74(52-40-68)80(70-43-31-64(32-44-70)60-19-15-12-16-20-60)72-47-35-66(36-48-72)62-27-23-58(24-28-62)56-84-76(82)86-78(5,6)54-10-8-2/h11-52H,7-10,53-56H2,1-6H3. The molecule has 0 unspecified atom stereocenters. The third kappa shape index (κ3) is 15.6. The Morgan fingerprint density at radius 3 is 0.733 bits per heavy atom. The van der Waals surface area contributed by atoms with Gasteiger partial charge in [-0.05, 0) is 193 Å². The minimum absolute atomic E-state index is 0.140. The topological polar surface area (TPSA) is 77.5 Å². The van der Waals surface area contributed by atoms with E-state index >= 15 is 0 Å². The van der Waals surface area contributed by atoms with Gasteiger partial charge in [0.15, 0.2) is 0 Å². The van der Waals surface area contributed by atoms with Crippen molar-refractivity contribution in [3.63, 3.8) is 0 Å². The van der Waals surface area contributed by atoms with Crippen molar-refractivity contribution < 1.29 is 28.5 Å². The monoisotopic (exact) mass is 1140 g/mol. The highest BCUT2D eigenvalue weighted by Gasteiger charge is 2.25. The number of rotatable bonds is 23. The number of anilines is 6. The van der Waals surface area contributed by atoms with E-state index in [0.717, 1.165) is 128 Å². The molecular formula is C78H76N2O6. The Bertz CT molecular complexity index is 3500. The van der Waals surface area contributed by atoms with Crippen LogP contribution in [0.1, 0.15) is 91.2 Å². The third-order valence-electron chi connectivity index (χ3n) is 15.6. The van der Waals surface area contributed by atoms with E-state index in [1.54, 1.807) is 0 Å². The molecule has 0 fully saturated rings. The molecule has 0 bridgehead atoms. The molecule has 0 atom stereocenters. The van der Waals surface area contributed by atoms with Gasteiger partial charge in [0, 0.05) is 34.1 Å². The van der Waals surface area contributed by atoms with Crippen LogP contribution in [0.3, 0.4) is 0 Å². The van der Waals surface area contributed by atoms with Crippen molar-refractivity contribution in [2.24, 2.45) is 0 Å². The summed E-state index contributed by atoms with van der Waals surface area (Å²) in [6, 6.07) is 89.5. The first kappa shape index (κ1) is 59.5. The Morgan fingerprint density at radius 2 is 0.512 bits per heavy atom. The smallest absolute Gasteiger partial charge is 0.429 e. The van der Waals surface area contributed by atoms with E-state index in [9.17, 15) is 9.59 Å². The molecule has 0 radical (unpaired) electrons. The molecule has 8 heteroatoms. The van der Waals surface area contributed by atoms with Crippen LogP contribution in [0.4, 0.5) is 43.7 Å². The summed E-state index contributed by atoms with van der Waals surface area (Å²) in [7, 11) is 0. The molecule has 0 saturated heterocycles. The van der Waals surface area contributed by atoms with Crippen molar-refractivity contribution in [1.82, 2.24) is 0 Å². The van der Waals surface area contributed by atoms with Crippen LogP contribution in [0, 0.1) is 0 Å². The van der Waals surface area contributed by atoms with Crippen LogP contribution in [-0.4, -0.2) is 23.5 Å². The highest BCUT2D eigenvalue weighted by atomic mass is 16.7. The van der Waals surface area contributed by atoms with Gasteiger partial charge in [-0.3, -0.25) is 0 Å². The Morgan fingerprint density at radius 1 is 0.302 bits per heavy atom. The van der Waals surface area contributed by atoms with E-state index in [0.29, 0.717) is 0 Å². The van der Waals surface area contributed by atoms with Crippen LogP contribution in [0.15, 0.2) is 255 Å². The largest absolute Gasteiger partial charge is 0.509 e. The maximum Gasteiger partial charge on any atom is 0.509 e. The quantitative estimate of drug-likeness (QED) is 0.0586. The normalized spacial score (nSPS) is 11.4. The van der Waals surface area contributed by atoms with E-state index in [1.165, 1.54) is 11.1 Å². The Hall–Kier alpha value is -9.66. The van der Waals surface area contributed by atoms with Gasteiger partial charge < -0.3 is 28.7 Å². The van der Waals surface area contributed by atoms with Gasteiger partial charge in [-0.25, -0.2) is 9.59 Å². The second-order valence-electron chi connectivity index (χ2n) is 23.1. The van der Waals surface area contributed by atoms with Gasteiger partial charge in [0.25, 0.3) is 0 Å². The molecule has 8 nitrogen and oxygen atoms in total. The van der Waals surface area contributed by atoms with Crippen molar-refractivity contribution in [1.29, 1.82) is 0 Å². The summed E-state index contributed by atoms with van der Waals surface area (Å²) in [5, 5.41) is 0. The summed E-state index contributed by atoms with van der Waals surface area (Å²) >= 11 is 0. The number of unbranched alkanes of at least 4 members (excludes halogenated alkanes) is 2. The zero-order valence-corrected chi connectivity index (χ0v) is 50.2. The zero-order chi connectivity index (χ0) is 59.9. The lowest BCUT2D eigenvalue weighted by atomic mass is 10.0. The van der Waals surface area contributed by atoms with Gasteiger partial charge in [0.05, 0.1) is 0 Å². The van der Waals surface area contributed by atoms with E-state index in [4.69, 9.17) is 18.9 Å². The zero-order valence-electron chi connectivity index (χ0n) is 50.2. The predicted molar refractivity (Wildman–Crippen MR) is 353 cm³/mol. The van der Waals surface area contributed by atoms with Gasteiger partial charge in [-0.2, -0.15) is 0 Å². The van der Waals surface area contributed by atoms with E-state index in [2.05, 4.69) is 242 Å². The molecule has 10 rings (SSSR count). The third-order valence-corrected chi connectivity index (χ3v) is 15.6. The van der Waals surface area contributed by atoms with Crippen LogP contribution >= 0.6 is 0 Å². The van der Waals surface area contributed by atoms with E-state index < -0.39 is 23.5 Å². The van der Waals surface area contributed by atoms with Crippen molar-refractivity contribution in [2.75, 3.05) is 9.80 Å². The van der Waals surface area contributed by atoms with E-state index in [1.807, 2.05) is 64.1 Å². The fraction of sp³-hybridized carbons (Fsp3) is 0.205. The number of benzene rings is 10. The molecular weight excluding hydrogens is 1060 g/mol. The van der Waals surface area contributed by atoms with Crippen molar-refractivity contribution in [3.05, 3.63) is 266 Å². The van der Waals surface area contributed by atoms with Crippen molar-refractivity contribution in [3.8, 4) is 55.6 Å². The SMILES string of the molecule is CCCCC(C)(C)OC(=O)OCc1ccc(-c2ccc(N(c3ccc(-c4ccccc4)cc3)c3ccc(-c4ccc(N(c5ccc(-c6ccccc6)cc5)c5ccc(-c6ccc(COC(=O)OC(C)(C)CCCC)cc6)cc5)cc4)cc3)cc2)cc1. The number of carbonyl (C=O) groups excluding carboxylic acids is 2. The first-order valence-electron chi connectivity index (χ1n) is 30.0. The Balaban J connectivity index is 0.872. The van der Waals surface area contributed by atoms with E-state index in [-0.39, 0.29) is 13.2 Å². The van der Waals surface area contributed by atoms with Gasteiger partial charge >= 0.3 is 12.3 Å². The summed E-state index contributed by atoms with van der Waals surface area (Å²) in [5.41, 5.74) is 17.9. The molecule has 86 heavy (non-hydrogen) atoms. The lowest BCUT2D eigenvalue weighted by molar-refractivity contribution is -0.0255. The number of hydrogen-bond donors (Lipinski definition) is 0. The van der Waals surface area contributed by atoms with Crippen LogP contribution < -0.4 is 9.80 Å². The number of hydrogen-bond acceptors (Lipinski definition) is 8. The molecule has 10 aromatic carbocycles. The number of ether oxygens (including phenoxy) is 4. The molecule has 0 amide bonds. The number of carbonyl (C=O) groups is 2. The molecule has 0 aromatic heterocycles. The highest BCUT2D eigenvalue weighted by molar-refractivity contribution is 5.84. The average molecular weight is 1140 g/mol. The molecule has 0 heterocycles. The Labute approximate surface area is 508 Å². The lowest BCUT2D eigenvalue weighted by Crippen LogP contribution is -2.28. The molecule has 0 aliphatic rings. The second-order valence-corrected chi connectivity index (χ2v) is 23.1. The van der Waals surface area contributed by atoms with Gasteiger partial charge in [0.2, 0.25) is 0 Å². The summed E-state index contributed by atoms with van der Waals surface area (Å²) in [6.07, 6.45) is 4.33. The molecule has 0 saturated carbocycles. The minimum Gasteiger partial charge on any atom is -0.429 e. The van der Waals surface area contributed by atoms with Gasteiger partial charge in [-0.1, -0.05) is 209 Å². The van der Waals surface area contributed by atoms with Crippen molar-refractivity contribution >= 4 is 46.4 Å². The van der Waals surface area contributed by atoms with Crippen LogP contribution in [-0.2, 0) is 32.2 Å². The number of nitrogens with zero attached hydrogens (tertiary/aromatic N) is 2. The fourth-order valence-electron chi connectivity index (χ4n) is 10.7. The first-order chi connectivity index (χ1) is 41.8. The lowest BCUT2D eigenvalue weighted by Gasteiger charge is -2.27. The maximum atomic E-state index is 12.5. The summed E-state index contributed by atoms with van der Waals surface area (Å²) in [6.45, 7) is 12.2. The minimum atomic E-state index is -0.647. The van der Waals surface area contributed by atoms with Gasteiger partial charge in [0.1, 0.15) is 24.4 Å². The first-order valence-corrected chi connectivity index (χ1v) is 30.0. The molecule has 0 aliphatic heterocycles. The van der Waals surface area contributed by atoms with Crippen molar-refractivity contribution in [2.45, 2.75) is 104 Å². The summed E-state index contributed by atoms with van der Waals surface area (Å²) in [5.74, 6) is 0. The molecule has 10 aromatic rings. The second kappa shape index (κ2) is 27.8. The molecule has 0 N–H and O–H groups in total. The average Bonchev–Trinajstić information content (AvgIpc) is 2.08. The maximum absolute atomic E-state index is 12.5.